The molecule has 0 bridgehead atoms. The summed E-state index contributed by atoms with van der Waals surface area (Å²) in [6, 6.07) is 5.11. The van der Waals surface area contributed by atoms with Gasteiger partial charge in [-0.3, -0.25) is 0 Å². The van der Waals surface area contributed by atoms with Crippen LogP contribution in [0.25, 0.3) is 0 Å². The monoisotopic (exact) mass is 293 g/mol. The molecule has 15 heavy (non-hydrogen) atoms. The molecule has 2 N–H and O–H groups in total. The maximum absolute atomic E-state index is 13.0. The lowest BCUT2D eigenvalue weighted by molar-refractivity contribution is 0.264. The number of nitrogens with two attached hydrogens (primary N) is 1. The summed E-state index contributed by atoms with van der Waals surface area (Å²) in [6.07, 6.45) is 3.69. The van der Waals surface area contributed by atoms with Gasteiger partial charge in [0.05, 0.1) is 4.47 Å². The molecule has 0 amide bonds. The zero-order valence-electron chi connectivity index (χ0n) is 8.25. The van der Waals surface area contributed by atoms with Gasteiger partial charge < -0.3 is 5.73 Å². The minimum Gasteiger partial charge on any atom is -0.324 e. The maximum Gasteiger partial charge on any atom is 0.137 e. The van der Waals surface area contributed by atoms with Crippen LogP contribution in [0.1, 0.15) is 30.9 Å². The maximum atomic E-state index is 13.0. The molecule has 1 aliphatic rings. The zero-order valence-corrected chi connectivity index (χ0v) is 10.7. The van der Waals surface area contributed by atoms with E-state index in [4.69, 9.17) is 5.73 Å². The molecule has 1 aliphatic carbocycles. The Morgan fingerprint density at radius 1 is 1.40 bits per heavy atom. The Morgan fingerprint density at radius 2 is 2.07 bits per heavy atom. The predicted octanol–water partition coefficient (Wildman–Crippen LogP) is 3.81. The van der Waals surface area contributed by atoms with Gasteiger partial charge in [-0.05, 0) is 52.4 Å². The van der Waals surface area contributed by atoms with Gasteiger partial charge in [-0.15, -0.1) is 12.4 Å². The Kier molecular flexibility index (Phi) is 4.56. The molecule has 0 unspecified atom stereocenters. The number of hydrogen-bond donors (Lipinski definition) is 1. The lowest BCUT2D eigenvalue weighted by Crippen LogP contribution is -2.26. The van der Waals surface area contributed by atoms with Crippen molar-refractivity contribution in [2.45, 2.75) is 25.3 Å². The van der Waals surface area contributed by atoms with E-state index in [9.17, 15) is 4.39 Å². The molecule has 1 saturated carbocycles. The van der Waals surface area contributed by atoms with Crippen LogP contribution in [0, 0.1) is 11.7 Å². The quantitative estimate of drug-likeness (QED) is 0.882. The topological polar surface area (TPSA) is 26.0 Å². The molecule has 4 heteroatoms. The van der Waals surface area contributed by atoms with Crippen LogP contribution < -0.4 is 5.73 Å². The van der Waals surface area contributed by atoms with Crippen molar-refractivity contribution in [3.63, 3.8) is 0 Å². The molecule has 0 aliphatic heterocycles. The molecule has 1 nitrogen and oxygen atoms in total. The molecule has 0 spiro atoms. The normalized spacial score (nSPS) is 17.8. The zero-order chi connectivity index (χ0) is 10.1. The van der Waals surface area contributed by atoms with Crippen LogP contribution in [0.15, 0.2) is 22.7 Å². The fourth-order valence-corrected chi connectivity index (χ4v) is 2.19. The summed E-state index contributed by atoms with van der Waals surface area (Å²) in [5.41, 5.74) is 7.11. The van der Waals surface area contributed by atoms with Crippen molar-refractivity contribution in [2.75, 3.05) is 0 Å². The second kappa shape index (κ2) is 5.28. The first-order valence-electron chi connectivity index (χ1n) is 4.89. The smallest absolute Gasteiger partial charge is 0.137 e. The van der Waals surface area contributed by atoms with Gasteiger partial charge in [-0.25, -0.2) is 4.39 Å². The Labute approximate surface area is 104 Å². The standard InChI is InChI=1S/C11H13BrFN.ClH/c12-9-6-8(4-5-10(9)13)11(14)7-2-1-3-7;/h4-7,11H,1-3,14H2;1H/t11-;/m1./s1. The largest absolute Gasteiger partial charge is 0.324 e. The average molecular weight is 295 g/mol. The van der Waals surface area contributed by atoms with Gasteiger partial charge >= 0.3 is 0 Å². The second-order valence-electron chi connectivity index (χ2n) is 3.89. The molecule has 1 fully saturated rings. The average Bonchev–Trinajstić information content (AvgIpc) is 2.06. The summed E-state index contributed by atoms with van der Waals surface area (Å²) in [6.45, 7) is 0. The summed E-state index contributed by atoms with van der Waals surface area (Å²) >= 11 is 3.17. The highest BCUT2D eigenvalue weighted by atomic mass is 79.9. The summed E-state index contributed by atoms with van der Waals surface area (Å²) in [7, 11) is 0. The first-order valence-corrected chi connectivity index (χ1v) is 5.68. The van der Waals surface area contributed by atoms with Gasteiger partial charge in [0.15, 0.2) is 0 Å². The number of hydrogen-bond acceptors (Lipinski definition) is 1. The fourth-order valence-electron chi connectivity index (χ4n) is 1.79. The molecular formula is C11H14BrClFN. The van der Waals surface area contributed by atoms with E-state index in [0.29, 0.717) is 10.4 Å². The van der Waals surface area contributed by atoms with Crippen LogP contribution in [-0.4, -0.2) is 0 Å². The molecule has 0 saturated heterocycles. The molecule has 0 aromatic heterocycles. The highest BCUT2D eigenvalue weighted by Crippen LogP contribution is 2.36. The number of benzene rings is 1. The van der Waals surface area contributed by atoms with E-state index in [1.165, 1.54) is 25.3 Å². The molecule has 84 valence electrons. The fraction of sp³-hybridized carbons (Fsp3) is 0.455. The molecule has 1 aromatic carbocycles. The molecule has 0 heterocycles. The third-order valence-corrected chi connectivity index (χ3v) is 3.59. The van der Waals surface area contributed by atoms with E-state index in [2.05, 4.69) is 15.9 Å². The van der Waals surface area contributed by atoms with Crippen LogP contribution in [0.5, 0.6) is 0 Å². The third kappa shape index (κ3) is 2.71. The Balaban J connectivity index is 0.00000112. The van der Waals surface area contributed by atoms with Crippen LogP contribution in [0.2, 0.25) is 0 Å². The minimum absolute atomic E-state index is 0. The molecule has 2 rings (SSSR count). The van der Waals surface area contributed by atoms with Crippen LogP contribution in [0.4, 0.5) is 4.39 Å². The minimum atomic E-state index is -0.227. The van der Waals surface area contributed by atoms with Gasteiger partial charge in [0.2, 0.25) is 0 Å². The number of halogens is 3. The predicted molar refractivity (Wildman–Crippen MR) is 65.6 cm³/mol. The van der Waals surface area contributed by atoms with Gasteiger partial charge in [0.25, 0.3) is 0 Å². The molecular weight excluding hydrogens is 280 g/mol. The first kappa shape index (κ1) is 12.9. The molecule has 0 radical (unpaired) electrons. The van der Waals surface area contributed by atoms with Crippen molar-refractivity contribution < 1.29 is 4.39 Å². The lowest BCUT2D eigenvalue weighted by Gasteiger charge is -2.31. The van der Waals surface area contributed by atoms with Crippen molar-refractivity contribution in [3.8, 4) is 0 Å². The van der Waals surface area contributed by atoms with Crippen LogP contribution in [0.3, 0.4) is 0 Å². The van der Waals surface area contributed by atoms with E-state index in [1.807, 2.05) is 0 Å². The Hall–Kier alpha value is -0.120. The van der Waals surface area contributed by atoms with Crippen molar-refractivity contribution in [1.29, 1.82) is 0 Å². The summed E-state index contributed by atoms with van der Waals surface area (Å²) in [5, 5.41) is 0. The summed E-state index contributed by atoms with van der Waals surface area (Å²) in [5.74, 6) is 0.363. The van der Waals surface area contributed by atoms with Crippen molar-refractivity contribution in [3.05, 3.63) is 34.1 Å². The van der Waals surface area contributed by atoms with Gasteiger partial charge in [0, 0.05) is 6.04 Å². The van der Waals surface area contributed by atoms with Crippen LogP contribution >= 0.6 is 28.3 Å². The van der Waals surface area contributed by atoms with Gasteiger partial charge in [0.1, 0.15) is 5.82 Å². The highest BCUT2D eigenvalue weighted by molar-refractivity contribution is 9.10. The van der Waals surface area contributed by atoms with E-state index in [1.54, 1.807) is 12.1 Å². The van der Waals surface area contributed by atoms with Gasteiger partial charge in [-0.1, -0.05) is 12.5 Å². The van der Waals surface area contributed by atoms with E-state index in [0.717, 1.165) is 5.56 Å². The number of rotatable bonds is 2. The van der Waals surface area contributed by atoms with E-state index >= 15 is 0 Å². The summed E-state index contributed by atoms with van der Waals surface area (Å²) in [4.78, 5) is 0. The Morgan fingerprint density at radius 3 is 2.53 bits per heavy atom. The SMILES string of the molecule is Cl.N[C@@H](c1ccc(F)c(Br)c1)C1CCC1. The molecule has 1 atom stereocenters. The third-order valence-electron chi connectivity index (χ3n) is 2.99. The Bertz CT molecular complexity index is 341. The second-order valence-corrected chi connectivity index (χ2v) is 4.74. The van der Waals surface area contributed by atoms with Gasteiger partial charge in [-0.2, -0.15) is 0 Å². The van der Waals surface area contributed by atoms with Crippen LogP contribution in [-0.2, 0) is 0 Å². The van der Waals surface area contributed by atoms with Crippen molar-refractivity contribution in [1.82, 2.24) is 0 Å². The lowest BCUT2D eigenvalue weighted by atomic mass is 9.78. The van der Waals surface area contributed by atoms with E-state index in [-0.39, 0.29) is 24.3 Å². The van der Waals surface area contributed by atoms with E-state index < -0.39 is 0 Å². The van der Waals surface area contributed by atoms with Crippen molar-refractivity contribution in [2.24, 2.45) is 11.7 Å². The van der Waals surface area contributed by atoms with Crippen molar-refractivity contribution >= 4 is 28.3 Å². The highest BCUT2D eigenvalue weighted by Gasteiger charge is 2.25. The molecule has 1 aromatic rings. The first-order chi connectivity index (χ1) is 6.68. The summed E-state index contributed by atoms with van der Waals surface area (Å²) < 4.78 is 13.5.